The predicted molar refractivity (Wildman–Crippen MR) is 151 cm³/mol. The topological polar surface area (TPSA) is 85.5 Å². The quantitative estimate of drug-likeness (QED) is 0.277. The van der Waals surface area contributed by atoms with Crippen molar-refractivity contribution in [2.45, 2.75) is 19.3 Å². The van der Waals surface area contributed by atoms with Crippen LogP contribution in [0.4, 0.5) is 27.1 Å². The summed E-state index contributed by atoms with van der Waals surface area (Å²) in [7, 11) is 0. The van der Waals surface area contributed by atoms with E-state index in [1.54, 1.807) is 48.5 Å². The van der Waals surface area contributed by atoms with E-state index in [2.05, 4.69) is 26.2 Å². The van der Waals surface area contributed by atoms with E-state index in [-0.39, 0.29) is 11.5 Å². The molecule has 37 heavy (non-hydrogen) atoms. The Kier molecular flexibility index (Phi) is 9.05. The largest absolute Gasteiger partial charge is 0.332 e. The lowest BCUT2D eigenvalue weighted by Gasteiger charge is -2.25. The highest BCUT2D eigenvalue weighted by Gasteiger charge is 2.15. The minimum absolute atomic E-state index is 0.0266. The first-order valence-electron chi connectivity index (χ1n) is 11.9. The molecule has 2 amide bonds. The van der Waals surface area contributed by atoms with E-state index in [9.17, 15) is 14.0 Å². The fourth-order valence-corrected chi connectivity index (χ4v) is 4.44. The van der Waals surface area contributed by atoms with Crippen LogP contribution < -0.4 is 21.3 Å². The van der Waals surface area contributed by atoms with Crippen molar-refractivity contribution in [3.63, 3.8) is 0 Å². The fourth-order valence-electron chi connectivity index (χ4n) is 3.98. The van der Waals surface area contributed by atoms with Gasteiger partial charge >= 0.3 is 0 Å². The Morgan fingerprint density at radius 1 is 0.838 bits per heavy atom. The summed E-state index contributed by atoms with van der Waals surface area (Å²) in [5, 5.41) is 12.4. The van der Waals surface area contributed by atoms with Crippen LogP contribution in [0.1, 0.15) is 29.6 Å². The van der Waals surface area contributed by atoms with Gasteiger partial charge in [-0.2, -0.15) is 0 Å². The molecule has 7 nitrogen and oxygen atoms in total. The van der Waals surface area contributed by atoms with E-state index in [1.165, 1.54) is 24.6 Å². The molecule has 4 rings (SSSR count). The molecule has 0 aromatic heterocycles. The number of amides is 2. The molecule has 3 aromatic rings. The highest BCUT2D eigenvalue weighted by atomic mass is 35.5. The average Bonchev–Trinajstić information content (AvgIpc) is 2.87. The van der Waals surface area contributed by atoms with E-state index in [0.29, 0.717) is 39.4 Å². The summed E-state index contributed by atoms with van der Waals surface area (Å²) in [5.41, 5.74) is 2.38. The van der Waals surface area contributed by atoms with Crippen LogP contribution >= 0.6 is 23.8 Å². The second kappa shape index (κ2) is 12.6. The van der Waals surface area contributed by atoms with E-state index in [4.69, 9.17) is 23.8 Å². The molecule has 1 aliphatic heterocycles. The molecule has 1 heterocycles. The van der Waals surface area contributed by atoms with Gasteiger partial charge in [0.2, 0.25) is 5.91 Å². The molecule has 0 saturated carbocycles. The highest BCUT2D eigenvalue weighted by Crippen LogP contribution is 2.26. The minimum atomic E-state index is -0.581. The van der Waals surface area contributed by atoms with E-state index in [1.807, 2.05) is 0 Å². The first-order valence-corrected chi connectivity index (χ1v) is 12.7. The van der Waals surface area contributed by atoms with Gasteiger partial charge in [-0.15, -0.1) is 0 Å². The number of thiocarbonyl (C=S) groups is 1. The van der Waals surface area contributed by atoms with Crippen molar-refractivity contribution in [2.24, 2.45) is 0 Å². The molecule has 1 saturated heterocycles. The molecule has 1 aliphatic rings. The number of carbonyl (C=O) groups is 2. The van der Waals surface area contributed by atoms with E-state index in [0.717, 1.165) is 25.9 Å². The molecule has 10 heteroatoms. The summed E-state index contributed by atoms with van der Waals surface area (Å²) in [6.45, 7) is 2.24. The molecule has 0 spiro atoms. The number of benzene rings is 3. The zero-order chi connectivity index (χ0) is 26.2. The van der Waals surface area contributed by atoms with E-state index < -0.39 is 11.7 Å². The van der Waals surface area contributed by atoms with Crippen molar-refractivity contribution < 1.29 is 14.0 Å². The molecule has 0 atom stereocenters. The third kappa shape index (κ3) is 7.72. The van der Waals surface area contributed by atoms with Gasteiger partial charge in [0, 0.05) is 17.1 Å². The second-order valence-corrected chi connectivity index (χ2v) is 9.49. The normalized spacial score (nSPS) is 13.5. The number of hydrogen-bond donors (Lipinski definition) is 4. The number of nitrogens with zero attached hydrogens (tertiary/aromatic N) is 1. The molecular weight excluding hydrogens is 513 g/mol. The fraction of sp³-hybridized carbons (Fsp3) is 0.222. The zero-order valence-corrected chi connectivity index (χ0v) is 21.6. The van der Waals surface area contributed by atoms with Gasteiger partial charge in [0.25, 0.3) is 5.91 Å². The Labute approximate surface area is 225 Å². The maximum atomic E-state index is 13.8. The van der Waals surface area contributed by atoms with Crippen LogP contribution in [0, 0.1) is 5.82 Å². The first kappa shape index (κ1) is 26.5. The third-order valence-corrected chi connectivity index (χ3v) is 6.35. The number of anilines is 4. The lowest BCUT2D eigenvalue weighted by molar-refractivity contribution is -0.117. The average molecular weight is 540 g/mol. The van der Waals surface area contributed by atoms with Gasteiger partial charge in [0.15, 0.2) is 5.11 Å². The lowest BCUT2D eigenvalue weighted by Crippen LogP contribution is -2.36. The van der Waals surface area contributed by atoms with Crippen LogP contribution in [-0.2, 0) is 4.79 Å². The standard InChI is InChI=1S/C27H27ClFN5O2S/c28-22-16-20(12-13-24(22)33-25(35)17-34-14-4-1-5-15-34)32-27(37)31-19-10-8-18(9-11-19)30-26(36)21-6-2-3-7-23(21)29/h2-3,6-13,16H,1,4-5,14-15,17H2,(H,30,36)(H,33,35)(H2,31,32,37). The van der Waals surface area contributed by atoms with Crippen LogP contribution in [0.25, 0.3) is 0 Å². The van der Waals surface area contributed by atoms with Gasteiger partial charge in [0.05, 0.1) is 22.8 Å². The first-order chi connectivity index (χ1) is 17.9. The summed E-state index contributed by atoms with van der Waals surface area (Å²) in [6, 6.07) is 17.8. The summed E-state index contributed by atoms with van der Waals surface area (Å²) in [5.74, 6) is -1.20. The summed E-state index contributed by atoms with van der Waals surface area (Å²) in [4.78, 5) is 26.8. The lowest BCUT2D eigenvalue weighted by atomic mass is 10.1. The summed E-state index contributed by atoms with van der Waals surface area (Å²) >= 11 is 11.8. The molecule has 0 radical (unpaired) electrons. The van der Waals surface area contributed by atoms with Crippen molar-refractivity contribution in [3.8, 4) is 0 Å². The van der Waals surface area contributed by atoms with Crippen LogP contribution in [0.3, 0.4) is 0 Å². The number of carbonyl (C=O) groups excluding carboxylic acids is 2. The van der Waals surface area contributed by atoms with Crippen LogP contribution in [0.5, 0.6) is 0 Å². The maximum Gasteiger partial charge on any atom is 0.258 e. The number of halogens is 2. The highest BCUT2D eigenvalue weighted by molar-refractivity contribution is 7.80. The molecule has 0 bridgehead atoms. The van der Waals surface area contributed by atoms with E-state index >= 15 is 0 Å². The SMILES string of the molecule is O=C(CN1CCCCC1)Nc1ccc(NC(=S)Nc2ccc(NC(=O)c3ccccc3F)cc2)cc1Cl. The van der Waals surface area contributed by atoms with Gasteiger partial charge in [-0.25, -0.2) is 4.39 Å². The molecule has 1 fully saturated rings. The molecule has 192 valence electrons. The van der Waals surface area contributed by atoms with Crippen molar-refractivity contribution in [1.29, 1.82) is 0 Å². The summed E-state index contributed by atoms with van der Waals surface area (Å²) in [6.07, 6.45) is 3.47. The number of likely N-dealkylation sites (tertiary alicyclic amines) is 1. The maximum absolute atomic E-state index is 13.8. The zero-order valence-electron chi connectivity index (χ0n) is 20.0. The predicted octanol–water partition coefficient (Wildman–Crippen LogP) is 5.96. The van der Waals surface area contributed by atoms with Gasteiger partial charge in [0.1, 0.15) is 5.82 Å². The smallest absolute Gasteiger partial charge is 0.258 e. The number of hydrogen-bond acceptors (Lipinski definition) is 4. The molecule has 3 aromatic carbocycles. The number of nitrogens with one attached hydrogen (secondary N) is 4. The Morgan fingerprint density at radius 3 is 2.14 bits per heavy atom. The molecule has 0 aliphatic carbocycles. The molecule has 4 N–H and O–H groups in total. The van der Waals surface area contributed by atoms with Crippen molar-refractivity contribution >= 4 is 63.5 Å². The van der Waals surface area contributed by atoms with Gasteiger partial charge in [-0.05, 0) is 92.7 Å². The van der Waals surface area contributed by atoms with Crippen molar-refractivity contribution in [1.82, 2.24) is 4.90 Å². The van der Waals surface area contributed by atoms with Crippen molar-refractivity contribution in [2.75, 3.05) is 40.9 Å². The number of piperidine rings is 1. The Balaban J connectivity index is 1.27. The molecule has 0 unspecified atom stereocenters. The third-order valence-electron chi connectivity index (χ3n) is 5.84. The Morgan fingerprint density at radius 2 is 1.46 bits per heavy atom. The second-order valence-electron chi connectivity index (χ2n) is 8.67. The minimum Gasteiger partial charge on any atom is -0.332 e. The number of rotatable bonds is 7. The van der Waals surface area contributed by atoms with Gasteiger partial charge in [-0.3, -0.25) is 14.5 Å². The van der Waals surface area contributed by atoms with Gasteiger partial charge < -0.3 is 21.3 Å². The Bertz CT molecular complexity index is 1280. The van der Waals surface area contributed by atoms with Crippen LogP contribution in [0.15, 0.2) is 66.7 Å². The Hall–Kier alpha value is -3.53. The summed E-state index contributed by atoms with van der Waals surface area (Å²) < 4.78 is 13.8. The van der Waals surface area contributed by atoms with Crippen LogP contribution in [0.2, 0.25) is 5.02 Å². The molecular formula is C27H27ClFN5O2S. The van der Waals surface area contributed by atoms with Crippen LogP contribution in [-0.4, -0.2) is 41.5 Å². The van der Waals surface area contributed by atoms with Crippen molar-refractivity contribution in [3.05, 3.63) is 83.1 Å². The van der Waals surface area contributed by atoms with Gasteiger partial charge in [-0.1, -0.05) is 30.2 Å². The monoisotopic (exact) mass is 539 g/mol.